The lowest BCUT2D eigenvalue weighted by atomic mass is 9.95. The molecule has 252 valence electrons. The van der Waals surface area contributed by atoms with Crippen LogP contribution in [-0.4, -0.2) is 63.9 Å². The van der Waals surface area contributed by atoms with Crippen LogP contribution in [0.1, 0.15) is 71.0 Å². The number of carbonyl (C=O) groups is 4. The van der Waals surface area contributed by atoms with E-state index in [2.05, 4.69) is 37.6 Å². The SMILES string of the molecule is C/C1=C\[C@H](C)CC(C)OC(=O)C[C@H](c2ccc(O)cc2)NC(=O)C(Cc2c(Br)[nH]c3ccccc23)N(C)C(=O)[C@H](C)NC(=O)C(C)C1. The number of H-pyrrole nitrogens is 1. The smallest absolute Gasteiger partial charge is 0.308 e. The summed E-state index contributed by atoms with van der Waals surface area (Å²) in [5.41, 5.74) is 3.29. The van der Waals surface area contributed by atoms with E-state index in [1.165, 1.54) is 17.0 Å². The van der Waals surface area contributed by atoms with Gasteiger partial charge < -0.3 is 30.4 Å². The van der Waals surface area contributed by atoms with E-state index < -0.39 is 42.0 Å². The van der Waals surface area contributed by atoms with Gasteiger partial charge in [0.05, 0.1) is 23.2 Å². The summed E-state index contributed by atoms with van der Waals surface area (Å²) in [5.74, 6) is -1.93. The zero-order chi connectivity index (χ0) is 34.4. The fraction of sp³-hybridized carbons (Fsp3) is 0.444. The highest BCUT2D eigenvalue weighted by molar-refractivity contribution is 9.10. The normalized spacial score (nSPS) is 27.1. The monoisotopic (exact) mass is 708 g/mol. The molecule has 3 aromatic rings. The Kier molecular flexibility index (Phi) is 11.9. The molecule has 11 heteroatoms. The van der Waals surface area contributed by atoms with E-state index >= 15 is 0 Å². The Morgan fingerprint density at radius 2 is 1.62 bits per heavy atom. The van der Waals surface area contributed by atoms with Gasteiger partial charge in [0.25, 0.3) is 0 Å². The molecule has 6 atom stereocenters. The minimum atomic E-state index is -1.02. The average Bonchev–Trinajstić information content (AvgIpc) is 3.32. The Morgan fingerprint density at radius 3 is 2.32 bits per heavy atom. The quantitative estimate of drug-likeness (QED) is 0.203. The molecule has 3 unspecified atom stereocenters. The molecule has 1 aliphatic heterocycles. The molecule has 2 heterocycles. The molecule has 0 spiro atoms. The number of carbonyl (C=O) groups excluding carboxylic acids is 4. The number of phenolic OH excluding ortho intramolecular Hbond substituents is 1. The number of cyclic esters (lactones) is 1. The van der Waals surface area contributed by atoms with Crippen LogP contribution >= 0.6 is 15.9 Å². The van der Waals surface area contributed by atoms with Crippen LogP contribution < -0.4 is 10.6 Å². The number of halogens is 1. The number of likely N-dealkylation sites (N-methyl/N-ethyl adjacent to an activating group) is 1. The maximum Gasteiger partial charge on any atom is 0.308 e. The van der Waals surface area contributed by atoms with Crippen LogP contribution in [0.15, 0.2) is 64.8 Å². The molecule has 47 heavy (non-hydrogen) atoms. The van der Waals surface area contributed by atoms with Crippen LogP contribution in [0.5, 0.6) is 5.75 Å². The van der Waals surface area contributed by atoms with Gasteiger partial charge >= 0.3 is 5.97 Å². The lowest BCUT2D eigenvalue weighted by Gasteiger charge is -2.31. The summed E-state index contributed by atoms with van der Waals surface area (Å²) in [6.07, 6.45) is 2.76. The Bertz CT molecular complexity index is 1630. The predicted molar refractivity (Wildman–Crippen MR) is 184 cm³/mol. The molecule has 2 aromatic carbocycles. The molecule has 1 aromatic heterocycles. The third-order valence-corrected chi connectivity index (χ3v) is 9.35. The zero-order valence-corrected chi connectivity index (χ0v) is 29.4. The molecule has 0 aliphatic carbocycles. The highest BCUT2D eigenvalue weighted by Crippen LogP contribution is 2.29. The number of esters is 1. The molecule has 4 N–H and O–H groups in total. The molecule has 0 saturated carbocycles. The first-order chi connectivity index (χ1) is 22.2. The van der Waals surface area contributed by atoms with Crippen molar-refractivity contribution in [3.05, 3.63) is 75.9 Å². The number of nitrogens with zero attached hydrogens (tertiary/aromatic N) is 1. The van der Waals surface area contributed by atoms with E-state index in [4.69, 9.17) is 4.74 Å². The number of aromatic nitrogens is 1. The fourth-order valence-corrected chi connectivity index (χ4v) is 6.87. The minimum absolute atomic E-state index is 0.0439. The van der Waals surface area contributed by atoms with Gasteiger partial charge in [0.1, 0.15) is 17.8 Å². The molecular weight excluding hydrogens is 664 g/mol. The molecule has 3 amide bonds. The summed E-state index contributed by atoms with van der Waals surface area (Å²) in [6.45, 7) is 9.27. The Balaban J connectivity index is 1.74. The second-order valence-electron chi connectivity index (χ2n) is 12.9. The lowest BCUT2D eigenvalue weighted by molar-refractivity contribution is -0.149. The summed E-state index contributed by atoms with van der Waals surface area (Å²) < 4.78 is 6.47. The van der Waals surface area contributed by atoms with Crippen molar-refractivity contribution in [2.24, 2.45) is 11.8 Å². The topological polar surface area (TPSA) is 141 Å². The van der Waals surface area contributed by atoms with Crippen molar-refractivity contribution in [2.75, 3.05) is 7.05 Å². The number of amides is 3. The summed E-state index contributed by atoms with van der Waals surface area (Å²) >= 11 is 3.60. The van der Waals surface area contributed by atoms with Gasteiger partial charge in [-0.15, -0.1) is 0 Å². The van der Waals surface area contributed by atoms with Gasteiger partial charge in [0, 0.05) is 30.3 Å². The first-order valence-corrected chi connectivity index (χ1v) is 16.8. The standard InChI is InChI=1S/C36H45BrN4O6/c1-20-15-21(2)17-23(4)47-32(43)19-30(25-11-13-26(42)14-12-25)40-35(45)31(18-28-27-9-7-8-10-29(27)39-33(28)37)41(6)36(46)24(5)38-34(44)22(3)16-20/h7-15,21-24,30-31,39,42H,16-19H2,1-6H3,(H,38,44)(H,40,45)/b20-15+/t21-,22?,23?,24-,30+,31?/m0/s1. The van der Waals surface area contributed by atoms with Crippen molar-refractivity contribution in [1.82, 2.24) is 20.5 Å². The van der Waals surface area contributed by atoms with Gasteiger partial charge in [-0.05, 0) is 84.8 Å². The molecule has 4 rings (SSSR count). The summed E-state index contributed by atoms with van der Waals surface area (Å²) in [6, 6.07) is 11.2. The van der Waals surface area contributed by atoms with E-state index in [1.54, 1.807) is 26.1 Å². The van der Waals surface area contributed by atoms with Crippen molar-refractivity contribution in [2.45, 2.75) is 84.5 Å². The predicted octanol–water partition coefficient (Wildman–Crippen LogP) is 5.70. The number of ether oxygens (including phenoxy) is 1. The molecule has 0 radical (unpaired) electrons. The van der Waals surface area contributed by atoms with Crippen LogP contribution in [0.4, 0.5) is 0 Å². The number of aromatic hydroxyl groups is 1. The average molecular weight is 710 g/mol. The summed E-state index contributed by atoms with van der Waals surface area (Å²) in [7, 11) is 1.55. The highest BCUT2D eigenvalue weighted by Gasteiger charge is 2.34. The van der Waals surface area contributed by atoms with Crippen LogP contribution in [0, 0.1) is 11.8 Å². The molecule has 0 bridgehead atoms. The molecular formula is C36H45BrN4O6. The number of hydrogen-bond donors (Lipinski definition) is 4. The van der Waals surface area contributed by atoms with E-state index in [9.17, 15) is 24.3 Å². The van der Waals surface area contributed by atoms with E-state index in [-0.39, 0.29) is 36.3 Å². The van der Waals surface area contributed by atoms with Crippen molar-refractivity contribution in [3.63, 3.8) is 0 Å². The van der Waals surface area contributed by atoms with Gasteiger partial charge in [-0.3, -0.25) is 19.2 Å². The maximum atomic E-state index is 14.3. The Labute approximate surface area is 284 Å². The lowest BCUT2D eigenvalue weighted by Crippen LogP contribution is -2.55. The summed E-state index contributed by atoms with van der Waals surface area (Å²) in [5, 5.41) is 16.7. The van der Waals surface area contributed by atoms with E-state index in [0.717, 1.165) is 22.0 Å². The van der Waals surface area contributed by atoms with Crippen molar-refractivity contribution in [1.29, 1.82) is 0 Å². The highest BCUT2D eigenvalue weighted by atomic mass is 79.9. The second-order valence-corrected chi connectivity index (χ2v) is 13.6. The van der Waals surface area contributed by atoms with Crippen LogP contribution in [0.2, 0.25) is 0 Å². The number of hydrogen-bond acceptors (Lipinski definition) is 6. The zero-order valence-electron chi connectivity index (χ0n) is 27.8. The third-order valence-electron chi connectivity index (χ3n) is 8.67. The van der Waals surface area contributed by atoms with Crippen LogP contribution in [0.3, 0.4) is 0 Å². The van der Waals surface area contributed by atoms with Crippen LogP contribution in [0.25, 0.3) is 10.9 Å². The number of nitrogens with one attached hydrogen (secondary N) is 3. The third kappa shape index (κ3) is 9.24. The van der Waals surface area contributed by atoms with Gasteiger partial charge in [-0.25, -0.2) is 0 Å². The van der Waals surface area contributed by atoms with Crippen molar-refractivity contribution in [3.8, 4) is 5.75 Å². The number of rotatable bonds is 3. The van der Waals surface area contributed by atoms with E-state index in [1.807, 2.05) is 52.0 Å². The second kappa shape index (κ2) is 15.6. The number of aromatic amines is 1. The first kappa shape index (κ1) is 35.7. The van der Waals surface area contributed by atoms with E-state index in [0.29, 0.717) is 23.0 Å². The number of benzene rings is 2. The maximum absolute atomic E-state index is 14.3. The van der Waals surface area contributed by atoms with Gasteiger partial charge in [0.2, 0.25) is 17.7 Å². The molecule has 0 saturated heterocycles. The number of phenols is 1. The number of allylic oxidation sites excluding steroid dienone is 2. The summed E-state index contributed by atoms with van der Waals surface area (Å²) in [4.78, 5) is 59.2. The molecule has 1 aliphatic rings. The Morgan fingerprint density at radius 1 is 0.936 bits per heavy atom. The van der Waals surface area contributed by atoms with Gasteiger partial charge in [0.15, 0.2) is 0 Å². The Hall–Kier alpha value is -4.12. The first-order valence-electron chi connectivity index (χ1n) is 16.0. The minimum Gasteiger partial charge on any atom is -0.508 e. The van der Waals surface area contributed by atoms with Crippen LogP contribution in [-0.2, 0) is 30.3 Å². The fourth-order valence-electron chi connectivity index (χ4n) is 6.28. The van der Waals surface area contributed by atoms with Crippen molar-refractivity contribution < 1.29 is 29.0 Å². The number of para-hydroxylation sites is 1. The largest absolute Gasteiger partial charge is 0.508 e. The van der Waals surface area contributed by atoms with Crippen molar-refractivity contribution >= 4 is 50.5 Å². The molecule has 0 fully saturated rings. The van der Waals surface area contributed by atoms with Gasteiger partial charge in [-0.1, -0.05) is 55.8 Å². The molecule has 10 nitrogen and oxygen atoms in total. The number of fused-ring (bicyclic) bond motifs is 1. The van der Waals surface area contributed by atoms with Gasteiger partial charge in [-0.2, -0.15) is 0 Å².